The predicted octanol–water partition coefficient (Wildman–Crippen LogP) is 1.94. The number of nitrogens with zero attached hydrogens (tertiary/aromatic N) is 6. The molecule has 29 heavy (non-hydrogen) atoms. The van der Waals surface area contributed by atoms with Crippen molar-refractivity contribution in [3.8, 4) is 5.69 Å². The largest absolute Gasteiger partial charge is 0.367 e. The van der Waals surface area contributed by atoms with Gasteiger partial charge in [-0.05, 0) is 36.6 Å². The Morgan fingerprint density at radius 1 is 1.24 bits per heavy atom. The molecule has 8 heteroatoms. The molecule has 1 aliphatic heterocycles. The van der Waals surface area contributed by atoms with E-state index >= 15 is 0 Å². The Kier molecular flexibility index (Phi) is 5.79. The number of aryl methyl sites for hydroxylation is 1. The number of rotatable bonds is 5. The summed E-state index contributed by atoms with van der Waals surface area (Å²) < 4.78 is 3.72. The van der Waals surface area contributed by atoms with Crippen LogP contribution in [0.4, 0.5) is 5.69 Å². The molecule has 1 atom stereocenters. The molecule has 0 radical (unpaired) electrons. The molecule has 0 saturated carbocycles. The summed E-state index contributed by atoms with van der Waals surface area (Å²) >= 11 is 0. The highest BCUT2D eigenvalue weighted by Crippen LogP contribution is 2.19. The van der Waals surface area contributed by atoms with Crippen molar-refractivity contribution in [1.82, 2.24) is 30.2 Å². The maximum absolute atomic E-state index is 4.41. The van der Waals surface area contributed by atoms with E-state index in [0.717, 1.165) is 37.6 Å². The molecule has 1 saturated heterocycles. The lowest BCUT2D eigenvalue weighted by Gasteiger charge is -2.34. The minimum atomic E-state index is 0.352. The second kappa shape index (κ2) is 8.81. The molecule has 1 aliphatic rings. The fourth-order valence-corrected chi connectivity index (χ4v) is 3.71. The summed E-state index contributed by atoms with van der Waals surface area (Å²) in [5.74, 6) is 0.826. The van der Waals surface area contributed by atoms with Crippen molar-refractivity contribution in [3.63, 3.8) is 0 Å². The van der Waals surface area contributed by atoms with Gasteiger partial charge in [-0.1, -0.05) is 12.1 Å². The van der Waals surface area contributed by atoms with Gasteiger partial charge in [-0.3, -0.25) is 9.67 Å². The lowest BCUT2D eigenvalue weighted by Crippen LogP contribution is -2.51. The van der Waals surface area contributed by atoms with Gasteiger partial charge in [0.2, 0.25) is 0 Å². The van der Waals surface area contributed by atoms with Crippen molar-refractivity contribution in [2.75, 3.05) is 25.0 Å². The van der Waals surface area contributed by atoms with E-state index in [4.69, 9.17) is 0 Å². The third kappa shape index (κ3) is 4.77. The second-order valence-electron chi connectivity index (χ2n) is 7.35. The molecule has 2 aromatic heterocycles. The number of piperidine rings is 1. The highest BCUT2D eigenvalue weighted by Gasteiger charge is 2.21. The molecule has 0 bridgehead atoms. The molecular weight excluding hydrogens is 364 g/mol. The summed E-state index contributed by atoms with van der Waals surface area (Å²) in [4.78, 5) is 6.80. The van der Waals surface area contributed by atoms with Crippen molar-refractivity contribution in [1.29, 1.82) is 0 Å². The average Bonchev–Trinajstić information content (AvgIpc) is 3.43. The Labute approximate surface area is 171 Å². The second-order valence-corrected chi connectivity index (χ2v) is 7.35. The van der Waals surface area contributed by atoms with Crippen LogP contribution >= 0.6 is 0 Å². The number of anilines is 1. The highest BCUT2D eigenvalue weighted by molar-refractivity contribution is 5.80. The van der Waals surface area contributed by atoms with Crippen LogP contribution in [0.25, 0.3) is 5.69 Å². The molecule has 1 aromatic carbocycles. The number of guanidine groups is 1. The lowest BCUT2D eigenvalue weighted by molar-refractivity contribution is 0.468. The van der Waals surface area contributed by atoms with Crippen LogP contribution < -0.4 is 15.5 Å². The zero-order chi connectivity index (χ0) is 20.1. The number of aliphatic imine (C=N–C) groups is 1. The van der Waals surface area contributed by atoms with Crippen molar-refractivity contribution >= 4 is 11.6 Å². The molecule has 1 fully saturated rings. The van der Waals surface area contributed by atoms with Gasteiger partial charge in [-0.25, -0.2) is 4.68 Å². The van der Waals surface area contributed by atoms with E-state index in [0.29, 0.717) is 12.6 Å². The first-order valence-corrected chi connectivity index (χ1v) is 10.0. The zero-order valence-corrected chi connectivity index (χ0v) is 17.0. The fraction of sp³-hybridized carbons (Fsp3) is 0.381. The Balaban J connectivity index is 1.33. The van der Waals surface area contributed by atoms with E-state index < -0.39 is 0 Å². The topological polar surface area (TPSA) is 75.3 Å². The Morgan fingerprint density at radius 3 is 2.93 bits per heavy atom. The number of nitrogens with one attached hydrogen (secondary N) is 2. The Bertz CT molecular complexity index is 943. The highest BCUT2D eigenvalue weighted by atomic mass is 15.3. The minimum absolute atomic E-state index is 0.352. The number of aromatic nitrogens is 4. The lowest BCUT2D eigenvalue weighted by atomic mass is 10.1. The molecule has 1 unspecified atom stereocenters. The van der Waals surface area contributed by atoms with Crippen molar-refractivity contribution in [2.45, 2.75) is 25.4 Å². The smallest absolute Gasteiger partial charge is 0.191 e. The van der Waals surface area contributed by atoms with Crippen LogP contribution in [0.2, 0.25) is 0 Å². The van der Waals surface area contributed by atoms with Crippen molar-refractivity contribution in [2.24, 2.45) is 12.0 Å². The third-order valence-corrected chi connectivity index (χ3v) is 5.18. The fourth-order valence-electron chi connectivity index (χ4n) is 3.71. The molecule has 4 rings (SSSR count). The van der Waals surface area contributed by atoms with Crippen LogP contribution in [0.3, 0.4) is 0 Å². The molecule has 3 aromatic rings. The van der Waals surface area contributed by atoms with Gasteiger partial charge >= 0.3 is 0 Å². The van der Waals surface area contributed by atoms with Crippen LogP contribution in [0.1, 0.15) is 18.4 Å². The summed E-state index contributed by atoms with van der Waals surface area (Å²) in [7, 11) is 3.77. The van der Waals surface area contributed by atoms with E-state index in [1.807, 2.05) is 41.9 Å². The summed E-state index contributed by atoms with van der Waals surface area (Å²) in [5.41, 5.74) is 3.41. The monoisotopic (exact) mass is 392 g/mol. The van der Waals surface area contributed by atoms with Crippen molar-refractivity contribution < 1.29 is 0 Å². The number of hydrogen-bond acceptors (Lipinski definition) is 4. The Morgan fingerprint density at radius 2 is 2.17 bits per heavy atom. The van der Waals surface area contributed by atoms with Crippen LogP contribution in [0.15, 0.2) is 60.1 Å². The summed E-state index contributed by atoms with van der Waals surface area (Å²) in [6.07, 6.45) is 10.0. The minimum Gasteiger partial charge on any atom is -0.367 e. The average molecular weight is 393 g/mol. The normalized spacial score (nSPS) is 17.4. The van der Waals surface area contributed by atoms with E-state index in [1.54, 1.807) is 6.20 Å². The molecular formula is C21H28N8. The molecule has 0 aliphatic carbocycles. The van der Waals surface area contributed by atoms with Gasteiger partial charge in [0.15, 0.2) is 5.96 Å². The van der Waals surface area contributed by atoms with Gasteiger partial charge < -0.3 is 15.5 Å². The van der Waals surface area contributed by atoms with Gasteiger partial charge in [0, 0.05) is 58.4 Å². The van der Waals surface area contributed by atoms with Gasteiger partial charge in [-0.15, -0.1) is 0 Å². The van der Waals surface area contributed by atoms with E-state index in [-0.39, 0.29) is 0 Å². The van der Waals surface area contributed by atoms with Crippen LogP contribution in [0, 0.1) is 0 Å². The van der Waals surface area contributed by atoms with E-state index in [9.17, 15) is 0 Å². The standard InChI is InChI=1S/C21H28N8/c1-22-21(23-13-17-6-3-8-19(12-17)29-11-5-9-24-29)26-18-7-4-10-28(15-18)20-14-25-27(2)16-20/h3,5-6,8-9,11-12,14,16,18H,4,7,10,13,15H2,1-2H3,(H2,22,23,26). The van der Waals surface area contributed by atoms with Crippen molar-refractivity contribution in [3.05, 3.63) is 60.7 Å². The van der Waals surface area contributed by atoms with Crippen LogP contribution in [-0.4, -0.2) is 51.7 Å². The molecule has 0 amide bonds. The number of benzene rings is 1. The zero-order valence-electron chi connectivity index (χ0n) is 17.0. The van der Waals surface area contributed by atoms with Crippen LogP contribution in [-0.2, 0) is 13.6 Å². The summed E-state index contributed by atoms with van der Waals surface area (Å²) in [6.45, 7) is 2.71. The molecule has 152 valence electrons. The first-order valence-electron chi connectivity index (χ1n) is 10.0. The maximum atomic E-state index is 4.41. The molecule has 8 nitrogen and oxygen atoms in total. The maximum Gasteiger partial charge on any atom is 0.191 e. The molecule has 2 N–H and O–H groups in total. The molecule has 0 spiro atoms. The SMILES string of the molecule is CN=C(NCc1cccc(-n2cccn2)c1)NC1CCCN(c2cnn(C)c2)C1. The van der Waals surface area contributed by atoms with Crippen LogP contribution in [0.5, 0.6) is 0 Å². The Hall–Kier alpha value is -3.29. The van der Waals surface area contributed by atoms with Gasteiger partial charge in [0.1, 0.15) is 0 Å². The first-order chi connectivity index (χ1) is 14.2. The summed E-state index contributed by atoms with van der Waals surface area (Å²) in [5, 5.41) is 15.6. The first kappa shape index (κ1) is 19.0. The van der Waals surface area contributed by atoms with E-state index in [1.165, 1.54) is 11.3 Å². The van der Waals surface area contributed by atoms with Gasteiger partial charge in [-0.2, -0.15) is 10.2 Å². The van der Waals surface area contributed by atoms with Gasteiger partial charge in [0.05, 0.1) is 17.6 Å². The third-order valence-electron chi connectivity index (χ3n) is 5.18. The van der Waals surface area contributed by atoms with Gasteiger partial charge in [0.25, 0.3) is 0 Å². The summed E-state index contributed by atoms with van der Waals surface area (Å²) in [6, 6.07) is 10.6. The quantitative estimate of drug-likeness (QED) is 0.513. The van der Waals surface area contributed by atoms with E-state index in [2.05, 4.69) is 61.2 Å². The number of hydrogen-bond donors (Lipinski definition) is 2. The predicted molar refractivity (Wildman–Crippen MR) is 115 cm³/mol. The molecule has 3 heterocycles.